The van der Waals surface area contributed by atoms with E-state index in [2.05, 4.69) is 0 Å². The van der Waals surface area contributed by atoms with Gasteiger partial charge in [-0.25, -0.2) is 4.98 Å². The minimum Gasteiger partial charge on any atom is -0.504 e. The molecule has 12 heteroatoms. The van der Waals surface area contributed by atoms with Gasteiger partial charge in [0.1, 0.15) is 45.1 Å². The molecule has 0 unspecified atom stereocenters. The molecule has 0 saturated carbocycles. The molecule has 7 aromatic rings. The number of para-hydroxylation sites is 2. The van der Waals surface area contributed by atoms with Gasteiger partial charge >= 0.3 is 0 Å². The van der Waals surface area contributed by atoms with E-state index in [0.717, 1.165) is 22.5 Å². The minimum absolute atomic E-state index is 0.0528. The summed E-state index contributed by atoms with van der Waals surface area (Å²) in [4.78, 5) is 4.83. The second-order valence-corrected chi connectivity index (χ2v) is 11.3. The molecule has 0 aliphatic heterocycles. The van der Waals surface area contributed by atoms with Crippen molar-refractivity contribution in [2.75, 3.05) is 0 Å². The maximum atomic E-state index is 11.1. The topological polar surface area (TPSA) is 119 Å². The van der Waals surface area contributed by atoms with E-state index in [1.165, 1.54) is 0 Å². The summed E-state index contributed by atoms with van der Waals surface area (Å²) in [6.45, 7) is 2.01. The molecular weight excluding hydrogens is 582 g/mol. The van der Waals surface area contributed by atoms with Crippen LogP contribution in [0, 0.1) is 0 Å². The van der Waals surface area contributed by atoms with Gasteiger partial charge in [0.2, 0.25) is 17.2 Å². The Balaban J connectivity index is 1.74. The molecule has 0 amide bonds. The number of phenols is 5. The normalized spacial score (nSPS) is 11.6. The average Bonchev–Trinajstić information content (AvgIpc) is 3.47. The molecule has 0 spiro atoms. The first-order valence-electron chi connectivity index (χ1n) is 14.6. The molecule has 0 saturated heterocycles. The number of rotatable bonds is 4. The van der Waals surface area contributed by atoms with Crippen molar-refractivity contribution in [2.24, 2.45) is 0 Å². The van der Waals surface area contributed by atoms with E-state index in [9.17, 15) is 25.5 Å². The molecule has 1 aromatic heterocycles. The Morgan fingerprint density at radius 2 is 1.02 bits per heavy atom. The Labute approximate surface area is 276 Å². The molecule has 6 aromatic carbocycles. The Bertz CT molecular complexity index is 2420. The van der Waals surface area contributed by atoms with E-state index in [1.807, 2.05) is 47.9 Å². The van der Waals surface area contributed by atoms with E-state index in [1.54, 1.807) is 30.3 Å². The molecular formula is C35H21B5N2O5. The van der Waals surface area contributed by atoms with Crippen molar-refractivity contribution in [3.63, 3.8) is 0 Å². The molecule has 0 aliphatic carbocycles. The third-order valence-electron chi connectivity index (χ3n) is 8.78. The number of hydrogen-bond donors (Lipinski definition) is 5. The zero-order valence-electron chi connectivity index (χ0n) is 25.1. The first kappa shape index (κ1) is 30.3. The standard InChI is InChI=1S/C35H21B5N2O5/c1-2-21-41-19-9-5-6-10-20(19)42(21)14-11-12-17-18(13-14)23(24-26(36)28(38)30(40)29(39)27(24)37)16-8-4-3-7-15(16)22(17)25-31(43)33(45)35(47)34(46)32(25)44/h3-13,43-47H,2H2,1H3. The quantitative estimate of drug-likeness (QED) is 0.0906. The number of aromatic hydroxyl groups is 5. The van der Waals surface area contributed by atoms with Gasteiger partial charge in [-0.15, -0.1) is 16.4 Å². The molecule has 10 radical (unpaired) electrons. The molecule has 0 bridgehead atoms. The van der Waals surface area contributed by atoms with Crippen LogP contribution in [0.3, 0.4) is 0 Å². The lowest BCUT2D eigenvalue weighted by atomic mass is 9.59. The van der Waals surface area contributed by atoms with Crippen LogP contribution in [0.1, 0.15) is 12.7 Å². The maximum absolute atomic E-state index is 11.1. The minimum atomic E-state index is -1.07. The summed E-state index contributed by atoms with van der Waals surface area (Å²) in [5.74, 6) is -3.94. The number of hydrogen-bond acceptors (Lipinski definition) is 6. The Hall–Kier alpha value is -5.37. The first-order valence-corrected chi connectivity index (χ1v) is 14.6. The number of benzene rings is 6. The molecule has 47 heavy (non-hydrogen) atoms. The van der Waals surface area contributed by atoms with E-state index in [0.29, 0.717) is 39.1 Å². The monoisotopic (exact) mass is 604 g/mol. The van der Waals surface area contributed by atoms with E-state index in [4.69, 9.17) is 44.2 Å². The molecule has 1 heterocycles. The summed E-state index contributed by atoms with van der Waals surface area (Å²) in [6.07, 6.45) is 0.626. The smallest absolute Gasteiger partial charge is 0.208 e. The van der Waals surface area contributed by atoms with Gasteiger partial charge in [0.25, 0.3) is 0 Å². The summed E-state index contributed by atoms with van der Waals surface area (Å²) in [5.41, 5.74) is 3.57. The third-order valence-corrected chi connectivity index (χ3v) is 8.78. The van der Waals surface area contributed by atoms with Crippen LogP contribution < -0.4 is 27.3 Å². The Morgan fingerprint density at radius 1 is 0.532 bits per heavy atom. The number of aromatic nitrogens is 2. The first-order chi connectivity index (χ1) is 22.5. The van der Waals surface area contributed by atoms with Crippen LogP contribution in [0.4, 0.5) is 0 Å². The van der Waals surface area contributed by atoms with E-state index in [-0.39, 0.29) is 38.4 Å². The second-order valence-electron chi connectivity index (χ2n) is 11.3. The number of nitrogens with zero attached hydrogens (tertiary/aromatic N) is 2. The van der Waals surface area contributed by atoms with Crippen LogP contribution in [0.15, 0.2) is 66.7 Å². The van der Waals surface area contributed by atoms with Crippen molar-refractivity contribution in [3.8, 4) is 56.7 Å². The maximum Gasteiger partial charge on any atom is 0.208 e. The lowest BCUT2D eigenvalue weighted by molar-refractivity contribution is 0.330. The highest BCUT2D eigenvalue weighted by Gasteiger charge is 2.29. The number of aryl methyl sites for hydroxylation is 1. The molecule has 0 aliphatic rings. The van der Waals surface area contributed by atoms with Crippen LogP contribution in [0.5, 0.6) is 28.7 Å². The van der Waals surface area contributed by atoms with Crippen LogP contribution in [-0.2, 0) is 6.42 Å². The van der Waals surface area contributed by atoms with Gasteiger partial charge in [0.05, 0.1) is 16.6 Å². The average molecular weight is 604 g/mol. The van der Waals surface area contributed by atoms with Gasteiger partial charge in [-0.05, 0) is 56.9 Å². The van der Waals surface area contributed by atoms with Gasteiger partial charge in [-0.3, -0.25) is 4.57 Å². The van der Waals surface area contributed by atoms with Crippen LogP contribution in [0.25, 0.3) is 60.5 Å². The number of imidazole rings is 1. The predicted molar refractivity (Wildman–Crippen MR) is 192 cm³/mol. The van der Waals surface area contributed by atoms with Gasteiger partial charge in [0, 0.05) is 17.7 Å². The number of phenolic OH excluding ortho intramolecular Hbond substituents is 5. The summed E-state index contributed by atoms with van der Waals surface area (Å²) < 4.78 is 2.03. The van der Waals surface area contributed by atoms with Crippen molar-refractivity contribution >= 4 is 99.1 Å². The van der Waals surface area contributed by atoms with Crippen LogP contribution in [-0.4, -0.2) is 74.3 Å². The SMILES string of the molecule is [B]c1c([B])c([B])c(-c2c3ccccc3c(-c3c(O)c(O)c(O)c(O)c3O)c3ccc(-n4c(CC)nc5ccccc54)cc23)c([B])c1[B]. The zero-order chi connectivity index (χ0) is 33.5. The van der Waals surface area contributed by atoms with Crippen molar-refractivity contribution in [2.45, 2.75) is 13.3 Å². The van der Waals surface area contributed by atoms with Crippen molar-refractivity contribution in [1.29, 1.82) is 0 Å². The third kappa shape index (κ3) is 4.24. The summed E-state index contributed by atoms with van der Waals surface area (Å²) in [7, 11) is 32.1. The molecule has 7 rings (SSSR count). The summed E-state index contributed by atoms with van der Waals surface area (Å²) in [5, 5.41) is 55.6. The molecule has 5 N–H and O–H groups in total. The molecule has 0 atom stereocenters. The molecule has 0 fully saturated rings. The highest BCUT2D eigenvalue weighted by molar-refractivity contribution is 6.69. The lowest BCUT2D eigenvalue weighted by Crippen LogP contribution is -2.55. The molecule has 216 valence electrons. The number of fused-ring (bicyclic) bond motifs is 3. The van der Waals surface area contributed by atoms with Crippen molar-refractivity contribution in [3.05, 3.63) is 72.6 Å². The second kappa shape index (κ2) is 10.9. The fourth-order valence-electron chi connectivity index (χ4n) is 6.49. The highest BCUT2D eigenvalue weighted by Crippen LogP contribution is 2.57. The van der Waals surface area contributed by atoms with Crippen molar-refractivity contribution < 1.29 is 25.5 Å². The lowest BCUT2D eigenvalue weighted by Gasteiger charge is -2.26. The summed E-state index contributed by atoms with van der Waals surface area (Å²) in [6, 6.07) is 20.3. The van der Waals surface area contributed by atoms with Gasteiger partial charge in [-0.2, -0.15) is 0 Å². The predicted octanol–water partition coefficient (Wildman–Crippen LogP) is 1.73. The van der Waals surface area contributed by atoms with E-state index < -0.39 is 28.7 Å². The molecule has 7 nitrogen and oxygen atoms in total. The summed E-state index contributed by atoms with van der Waals surface area (Å²) >= 11 is 0. The van der Waals surface area contributed by atoms with E-state index >= 15 is 0 Å². The zero-order valence-corrected chi connectivity index (χ0v) is 25.1. The van der Waals surface area contributed by atoms with Crippen LogP contribution >= 0.6 is 0 Å². The van der Waals surface area contributed by atoms with Crippen LogP contribution in [0.2, 0.25) is 0 Å². The highest BCUT2D eigenvalue weighted by atomic mass is 16.4. The largest absolute Gasteiger partial charge is 0.504 e. The van der Waals surface area contributed by atoms with Gasteiger partial charge in [-0.1, -0.05) is 60.3 Å². The van der Waals surface area contributed by atoms with Gasteiger partial charge < -0.3 is 25.5 Å². The Kier molecular flexibility index (Phi) is 7.01. The fourth-order valence-corrected chi connectivity index (χ4v) is 6.49. The van der Waals surface area contributed by atoms with Gasteiger partial charge in [0.15, 0.2) is 11.5 Å². The van der Waals surface area contributed by atoms with Crippen molar-refractivity contribution in [1.82, 2.24) is 9.55 Å². The fraction of sp³-hybridized carbons (Fsp3) is 0.0571. The Morgan fingerprint density at radius 3 is 1.62 bits per heavy atom.